The van der Waals surface area contributed by atoms with Crippen molar-refractivity contribution in [3.05, 3.63) is 88.9 Å². The Morgan fingerprint density at radius 3 is 2.42 bits per heavy atom. The molecule has 9 heteroatoms. The van der Waals surface area contributed by atoms with Crippen LogP contribution >= 0.6 is 0 Å². The average molecular weight is 525 g/mol. The van der Waals surface area contributed by atoms with Crippen molar-refractivity contribution in [3.63, 3.8) is 0 Å². The topological polar surface area (TPSA) is 94.6 Å². The summed E-state index contributed by atoms with van der Waals surface area (Å²) in [5.74, 6) is -0.707. The number of primary amides is 1. The number of alkyl halides is 2. The first kappa shape index (κ1) is 26.8. The zero-order chi connectivity index (χ0) is 27.4. The van der Waals surface area contributed by atoms with Crippen molar-refractivity contribution in [3.8, 4) is 16.9 Å². The fourth-order valence-electron chi connectivity index (χ4n) is 4.07. The summed E-state index contributed by atoms with van der Waals surface area (Å²) in [5.41, 5.74) is 8.20. The molecule has 3 aromatic carbocycles. The number of benzene rings is 3. The molecular formula is C29H27F3N2O4. The van der Waals surface area contributed by atoms with E-state index < -0.39 is 18.9 Å². The van der Waals surface area contributed by atoms with Crippen LogP contribution in [0.25, 0.3) is 22.1 Å². The van der Waals surface area contributed by atoms with E-state index in [1.165, 1.54) is 24.3 Å². The van der Waals surface area contributed by atoms with Gasteiger partial charge in [-0.15, -0.1) is 0 Å². The summed E-state index contributed by atoms with van der Waals surface area (Å²) < 4.78 is 50.4. The van der Waals surface area contributed by atoms with E-state index in [0.29, 0.717) is 40.0 Å². The maximum absolute atomic E-state index is 13.3. The first-order valence-corrected chi connectivity index (χ1v) is 12.1. The smallest absolute Gasteiger partial charge is 0.272 e. The van der Waals surface area contributed by atoms with Crippen LogP contribution in [0.4, 0.5) is 13.2 Å². The largest absolute Gasteiger partial charge is 0.487 e. The number of furan rings is 1. The highest BCUT2D eigenvalue weighted by Gasteiger charge is 2.21. The van der Waals surface area contributed by atoms with Gasteiger partial charge < -0.3 is 20.2 Å². The van der Waals surface area contributed by atoms with E-state index in [1.807, 2.05) is 13.8 Å². The quantitative estimate of drug-likeness (QED) is 0.268. The van der Waals surface area contributed by atoms with Crippen LogP contribution in [-0.2, 0) is 6.42 Å². The number of hydrogen-bond donors (Lipinski definition) is 2. The number of rotatable bonds is 10. The van der Waals surface area contributed by atoms with Crippen molar-refractivity contribution in [1.29, 1.82) is 0 Å². The van der Waals surface area contributed by atoms with E-state index in [4.69, 9.17) is 14.9 Å². The van der Waals surface area contributed by atoms with Gasteiger partial charge in [-0.25, -0.2) is 13.2 Å². The molecule has 0 unspecified atom stereocenters. The lowest BCUT2D eigenvalue weighted by molar-refractivity contribution is 0.0821. The molecule has 4 aromatic rings. The lowest BCUT2D eigenvalue weighted by Gasteiger charge is -2.14. The number of nitrogens with one attached hydrogen (secondary N) is 1. The van der Waals surface area contributed by atoms with Gasteiger partial charge in [-0.1, -0.05) is 32.0 Å². The van der Waals surface area contributed by atoms with Crippen LogP contribution in [0, 0.1) is 11.7 Å². The van der Waals surface area contributed by atoms with Gasteiger partial charge in [0.05, 0.1) is 5.56 Å². The Labute approximate surface area is 217 Å². The van der Waals surface area contributed by atoms with Crippen molar-refractivity contribution >= 4 is 22.8 Å². The van der Waals surface area contributed by atoms with Gasteiger partial charge in [0.25, 0.3) is 18.2 Å². The SMILES string of the molecule is CC(C)CNC(=O)c1ccc(OCC(F)F)c(-c2ccc3oc(Cc4ccc(F)cc4)c(C(N)=O)c3c2)c1. The van der Waals surface area contributed by atoms with Gasteiger partial charge in [-0.3, -0.25) is 9.59 Å². The van der Waals surface area contributed by atoms with Crippen LogP contribution in [0.1, 0.15) is 45.9 Å². The second-order valence-corrected chi connectivity index (χ2v) is 9.30. The number of ether oxygens (including phenoxy) is 1. The van der Waals surface area contributed by atoms with Gasteiger partial charge in [0, 0.05) is 29.5 Å². The van der Waals surface area contributed by atoms with Crippen molar-refractivity contribution in [2.45, 2.75) is 26.7 Å². The Kier molecular flexibility index (Phi) is 8.05. The molecule has 6 nitrogen and oxygen atoms in total. The zero-order valence-corrected chi connectivity index (χ0v) is 20.9. The lowest BCUT2D eigenvalue weighted by atomic mass is 9.98. The number of nitrogens with two attached hydrogens (primary N) is 1. The van der Waals surface area contributed by atoms with Crippen LogP contribution in [0.3, 0.4) is 0 Å². The predicted molar refractivity (Wildman–Crippen MR) is 138 cm³/mol. The first-order valence-electron chi connectivity index (χ1n) is 12.1. The minimum atomic E-state index is -2.69. The Hall–Kier alpha value is -4.27. The van der Waals surface area contributed by atoms with Crippen LogP contribution < -0.4 is 15.8 Å². The van der Waals surface area contributed by atoms with Crippen LogP contribution in [-0.4, -0.2) is 31.4 Å². The van der Waals surface area contributed by atoms with Gasteiger partial charge in [0.2, 0.25) is 0 Å². The molecule has 0 fully saturated rings. The van der Waals surface area contributed by atoms with E-state index in [2.05, 4.69) is 5.32 Å². The Morgan fingerprint density at radius 1 is 1.03 bits per heavy atom. The highest BCUT2D eigenvalue weighted by Crippen LogP contribution is 2.36. The van der Waals surface area contributed by atoms with Gasteiger partial charge >= 0.3 is 0 Å². The van der Waals surface area contributed by atoms with Crippen molar-refractivity contribution in [2.75, 3.05) is 13.2 Å². The molecule has 0 aliphatic heterocycles. The summed E-state index contributed by atoms with van der Waals surface area (Å²) in [7, 11) is 0. The predicted octanol–water partition coefficient (Wildman–Crippen LogP) is 5.96. The number of carbonyl (C=O) groups is 2. The number of fused-ring (bicyclic) bond motifs is 1. The van der Waals surface area contributed by atoms with E-state index in [0.717, 1.165) is 5.56 Å². The van der Waals surface area contributed by atoms with Crippen molar-refractivity contribution in [2.24, 2.45) is 11.7 Å². The summed E-state index contributed by atoms with van der Waals surface area (Å²) in [6.45, 7) is 3.58. The van der Waals surface area contributed by atoms with E-state index >= 15 is 0 Å². The monoisotopic (exact) mass is 524 g/mol. The Balaban J connectivity index is 1.78. The highest BCUT2D eigenvalue weighted by atomic mass is 19.3. The highest BCUT2D eigenvalue weighted by molar-refractivity contribution is 6.07. The maximum atomic E-state index is 13.3. The van der Waals surface area contributed by atoms with Gasteiger partial charge in [-0.2, -0.15) is 0 Å². The van der Waals surface area contributed by atoms with Gasteiger partial charge in [0.15, 0.2) is 0 Å². The number of amides is 2. The second kappa shape index (κ2) is 11.4. The molecule has 1 heterocycles. The van der Waals surface area contributed by atoms with Crippen molar-refractivity contribution < 1.29 is 31.9 Å². The molecule has 3 N–H and O–H groups in total. The minimum absolute atomic E-state index is 0.153. The molecular weight excluding hydrogens is 497 g/mol. The lowest BCUT2D eigenvalue weighted by Crippen LogP contribution is -2.27. The Bertz CT molecular complexity index is 1460. The average Bonchev–Trinajstić information content (AvgIpc) is 3.24. The number of hydrogen-bond acceptors (Lipinski definition) is 4. The molecule has 4 rings (SSSR count). The number of halogens is 3. The zero-order valence-electron chi connectivity index (χ0n) is 20.9. The molecule has 38 heavy (non-hydrogen) atoms. The van der Waals surface area contributed by atoms with Gasteiger partial charge in [0.1, 0.15) is 29.5 Å². The van der Waals surface area contributed by atoms with E-state index in [-0.39, 0.29) is 35.4 Å². The minimum Gasteiger partial charge on any atom is -0.487 e. The van der Waals surface area contributed by atoms with E-state index in [1.54, 1.807) is 36.4 Å². The van der Waals surface area contributed by atoms with E-state index in [9.17, 15) is 22.8 Å². The number of carbonyl (C=O) groups excluding carboxylic acids is 2. The summed E-state index contributed by atoms with van der Waals surface area (Å²) in [6.07, 6.45) is -2.49. The fraction of sp³-hybridized carbons (Fsp3) is 0.241. The molecule has 0 saturated heterocycles. The summed E-state index contributed by atoms with van der Waals surface area (Å²) in [4.78, 5) is 25.1. The normalized spacial score (nSPS) is 11.3. The fourth-order valence-corrected chi connectivity index (χ4v) is 4.07. The summed E-state index contributed by atoms with van der Waals surface area (Å²) in [6, 6.07) is 15.3. The maximum Gasteiger partial charge on any atom is 0.272 e. The molecule has 0 bridgehead atoms. The van der Waals surface area contributed by atoms with Crippen molar-refractivity contribution in [1.82, 2.24) is 5.32 Å². The molecule has 0 atom stereocenters. The third-order valence-electron chi connectivity index (χ3n) is 5.87. The van der Waals surface area contributed by atoms with Crippen LogP contribution in [0.15, 0.2) is 65.1 Å². The first-order chi connectivity index (χ1) is 18.1. The van der Waals surface area contributed by atoms with Crippen LogP contribution in [0.2, 0.25) is 0 Å². The van der Waals surface area contributed by atoms with Crippen LogP contribution in [0.5, 0.6) is 5.75 Å². The molecule has 198 valence electrons. The molecule has 2 amide bonds. The summed E-state index contributed by atoms with van der Waals surface area (Å²) >= 11 is 0. The standard InChI is InChI=1S/C29H27F3N2O4/c1-16(2)14-34-29(36)19-6-9-23(37-15-26(31)32)21(13-19)18-5-10-24-22(12-18)27(28(33)35)25(38-24)11-17-3-7-20(30)8-4-17/h3-10,12-13,16,26H,11,14-15H2,1-2H3,(H2,33,35)(H,34,36). The molecule has 0 saturated carbocycles. The molecule has 0 spiro atoms. The molecule has 1 aromatic heterocycles. The third kappa shape index (κ3) is 6.16. The van der Waals surface area contributed by atoms with Gasteiger partial charge in [-0.05, 0) is 59.5 Å². The Morgan fingerprint density at radius 2 is 1.76 bits per heavy atom. The molecule has 0 aliphatic rings. The molecule has 0 radical (unpaired) electrons. The second-order valence-electron chi connectivity index (χ2n) is 9.30. The molecule has 0 aliphatic carbocycles. The summed E-state index contributed by atoms with van der Waals surface area (Å²) in [5, 5.41) is 3.25. The third-order valence-corrected chi connectivity index (χ3v) is 5.87.